The molecule has 1 aromatic carbocycles. The number of nitrogens with one attached hydrogen (secondary N) is 3. The maximum absolute atomic E-state index is 12.7. The maximum atomic E-state index is 12.7. The van der Waals surface area contributed by atoms with Crippen LogP contribution < -0.4 is 5.32 Å². The van der Waals surface area contributed by atoms with Crippen LogP contribution in [-0.2, 0) is 20.8 Å². The van der Waals surface area contributed by atoms with E-state index in [1.807, 2.05) is 31.2 Å². The molecule has 3 N–H and O–H groups in total. The highest BCUT2D eigenvalue weighted by atomic mass is 32.2. The van der Waals surface area contributed by atoms with Gasteiger partial charge in [-0.3, -0.25) is 19.8 Å². The van der Waals surface area contributed by atoms with E-state index in [9.17, 15) is 14.4 Å². The number of carbonyl (C=O) groups is 3. The fourth-order valence-electron chi connectivity index (χ4n) is 3.06. The van der Waals surface area contributed by atoms with E-state index in [2.05, 4.69) is 19.2 Å². The van der Waals surface area contributed by atoms with Gasteiger partial charge in [0.2, 0.25) is 5.91 Å². The van der Waals surface area contributed by atoms with Gasteiger partial charge >= 0.3 is 0 Å². The Bertz CT molecular complexity index is 834. The average Bonchev–Trinajstić information content (AvgIpc) is 2.69. The number of nitrogens with zero attached hydrogens (tertiary/aromatic N) is 1. The molecule has 176 valence electrons. The number of ketones is 1. The van der Waals surface area contributed by atoms with Gasteiger partial charge in [0.1, 0.15) is 5.84 Å². The first-order chi connectivity index (χ1) is 14.9. The Kier molecular flexibility index (Phi) is 11.3. The number of carbonyl (C=O) groups excluding carboxylic acids is 3. The molecule has 1 rings (SSSR count). The van der Waals surface area contributed by atoms with Crippen molar-refractivity contribution in [2.45, 2.75) is 58.9 Å². The molecule has 0 saturated heterocycles. The molecule has 0 bridgehead atoms. The topological polar surface area (TPSA) is 114 Å². The summed E-state index contributed by atoms with van der Waals surface area (Å²) in [4.78, 5) is 38.5. The van der Waals surface area contributed by atoms with Gasteiger partial charge in [-0.1, -0.05) is 56.8 Å². The highest BCUT2D eigenvalue weighted by Crippen LogP contribution is 2.24. The summed E-state index contributed by atoms with van der Waals surface area (Å²) in [7, 11) is 3.41. The molecule has 1 unspecified atom stereocenters. The first-order valence-electron chi connectivity index (χ1n) is 10.8. The third-order valence-corrected chi connectivity index (χ3v) is 6.08. The van der Waals surface area contributed by atoms with Crippen molar-refractivity contribution in [3.8, 4) is 0 Å². The van der Waals surface area contributed by atoms with Crippen molar-refractivity contribution in [1.82, 2.24) is 10.2 Å². The van der Waals surface area contributed by atoms with E-state index < -0.39 is 6.04 Å². The lowest BCUT2D eigenvalue weighted by molar-refractivity contribution is -0.125. The Morgan fingerprint density at radius 3 is 2.12 bits per heavy atom. The van der Waals surface area contributed by atoms with Gasteiger partial charge in [0.25, 0.3) is 0 Å². The number of amidine groups is 1. The first-order valence-corrected chi connectivity index (χ1v) is 11.8. The van der Waals surface area contributed by atoms with E-state index in [1.54, 1.807) is 19.0 Å². The van der Waals surface area contributed by atoms with Gasteiger partial charge in [0, 0.05) is 45.3 Å². The minimum atomic E-state index is -0.851. The lowest BCUT2D eigenvalue weighted by Gasteiger charge is -2.19. The third kappa shape index (κ3) is 9.77. The van der Waals surface area contributed by atoms with Crippen molar-refractivity contribution in [3.05, 3.63) is 35.4 Å². The fourth-order valence-corrected chi connectivity index (χ4v) is 4.04. The normalized spacial score (nSPS) is 12.7. The molecule has 7 nitrogen and oxygen atoms in total. The Morgan fingerprint density at radius 2 is 1.62 bits per heavy atom. The molecule has 0 aliphatic heterocycles. The van der Waals surface area contributed by atoms with Crippen LogP contribution in [0.2, 0.25) is 0 Å². The van der Waals surface area contributed by atoms with Crippen LogP contribution in [0.15, 0.2) is 24.3 Å². The van der Waals surface area contributed by atoms with Crippen LogP contribution in [0, 0.1) is 16.7 Å². The van der Waals surface area contributed by atoms with Crippen LogP contribution in [0.5, 0.6) is 0 Å². The van der Waals surface area contributed by atoms with E-state index in [1.165, 1.54) is 12.5 Å². The van der Waals surface area contributed by atoms with Crippen LogP contribution in [0.25, 0.3) is 0 Å². The molecule has 8 heteroatoms. The minimum absolute atomic E-state index is 0.0709. The lowest BCUT2D eigenvalue weighted by atomic mass is 9.97. The fraction of sp³-hybridized carbons (Fsp3) is 0.542. The Hall–Kier alpha value is -2.48. The molecule has 0 aliphatic rings. The Balaban J connectivity index is 2.71. The summed E-state index contributed by atoms with van der Waals surface area (Å²) in [5.74, 6) is -0.114. The molecule has 0 radical (unpaired) electrons. The largest absolute Gasteiger partial charge is 0.366 e. The van der Waals surface area contributed by atoms with Crippen molar-refractivity contribution in [2.24, 2.45) is 5.92 Å². The molecule has 0 aliphatic carbocycles. The summed E-state index contributed by atoms with van der Waals surface area (Å²) in [5.41, 5.74) is 2.26. The molecular weight excluding hydrogens is 424 g/mol. The zero-order chi connectivity index (χ0) is 24.4. The van der Waals surface area contributed by atoms with Crippen molar-refractivity contribution in [2.75, 3.05) is 19.8 Å². The molecular formula is C24H36N4O3S. The van der Waals surface area contributed by atoms with Gasteiger partial charge in [-0.15, -0.1) is 0 Å². The van der Waals surface area contributed by atoms with Crippen LogP contribution in [0.3, 0.4) is 0 Å². The number of Topliss-reactive ketones (excluding diaryl/α,β-unsaturated/α-hetero) is 1. The van der Waals surface area contributed by atoms with E-state index in [-0.39, 0.29) is 52.9 Å². The first kappa shape index (κ1) is 27.6. The summed E-state index contributed by atoms with van der Waals surface area (Å²) in [6.07, 6.45) is 0.894. The van der Waals surface area contributed by atoms with Crippen LogP contribution in [0.1, 0.15) is 57.6 Å². The smallest absolute Gasteiger partial charge is 0.217 e. The minimum Gasteiger partial charge on any atom is -0.366 e. The molecule has 1 amide bonds. The van der Waals surface area contributed by atoms with E-state index in [0.717, 1.165) is 23.7 Å². The predicted molar refractivity (Wildman–Crippen MR) is 132 cm³/mol. The standard InChI is InChI=1S/C24H36N4O3S/c1-15(2)11-18-7-9-19(10-8-18)16(3)24(31)32-14-21(27-17(4)29)22(30)12-20(25)13-23(26)28(5)6/h7-10,15-16,21,25-26H,11-14H2,1-6H3,(H,27,29)/t16-,21?/m0/s1. The van der Waals surface area contributed by atoms with Crippen molar-refractivity contribution in [3.63, 3.8) is 0 Å². The highest BCUT2D eigenvalue weighted by Gasteiger charge is 2.24. The SMILES string of the molecule is CC(=O)NC(CSC(=O)[C@@H](C)c1ccc(CC(C)C)cc1)C(=O)CC(=N)CC(=N)N(C)C. The molecule has 32 heavy (non-hydrogen) atoms. The average molecular weight is 461 g/mol. The highest BCUT2D eigenvalue weighted by molar-refractivity contribution is 8.13. The summed E-state index contributed by atoms with van der Waals surface area (Å²) >= 11 is 1.02. The van der Waals surface area contributed by atoms with Gasteiger partial charge < -0.3 is 15.6 Å². The number of hydrogen-bond donors (Lipinski definition) is 3. The second-order valence-corrected chi connectivity index (χ2v) is 9.73. The van der Waals surface area contributed by atoms with Gasteiger partial charge in [0.05, 0.1) is 12.0 Å². The van der Waals surface area contributed by atoms with Crippen molar-refractivity contribution < 1.29 is 14.4 Å². The van der Waals surface area contributed by atoms with Crippen molar-refractivity contribution in [1.29, 1.82) is 10.8 Å². The molecule has 0 saturated carbocycles. The number of benzene rings is 1. The lowest BCUT2D eigenvalue weighted by Crippen LogP contribution is -2.42. The van der Waals surface area contributed by atoms with Gasteiger partial charge in [-0.2, -0.15) is 0 Å². The summed E-state index contributed by atoms with van der Waals surface area (Å²) in [6, 6.07) is 7.18. The predicted octanol–water partition coefficient (Wildman–Crippen LogP) is 3.66. The summed E-state index contributed by atoms with van der Waals surface area (Å²) < 4.78 is 0. The monoisotopic (exact) mass is 460 g/mol. The molecule has 0 aromatic heterocycles. The molecule has 0 fully saturated rings. The quantitative estimate of drug-likeness (QED) is 0.325. The van der Waals surface area contributed by atoms with Crippen LogP contribution in [0.4, 0.5) is 0 Å². The second kappa shape index (κ2) is 13.2. The molecule has 0 spiro atoms. The Labute approximate surface area is 195 Å². The summed E-state index contributed by atoms with van der Waals surface area (Å²) in [5, 5.41) is 18.3. The van der Waals surface area contributed by atoms with Gasteiger partial charge in [0.15, 0.2) is 10.9 Å². The number of amides is 1. The van der Waals surface area contributed by atoms with E-state index >= 15 is 0 Å². The van der Waals surface area contributed by atoms with E-state index in [4.69, 9.17) is 10.8 Å². The van der Waals surface area contributed by atoms with Crippen LogP contribution in [-0.4, -0.2) is 59.1 Å². The molecule has 1 aromatic rings. The third-order valence-electron chi connectivity index (χ3n) is 4.94. The molecule has 0 heterocycles. The number of rotatable bonds is 12. The zero-order valence-corrected chi connectivity index (χ0v) is 20.8. The Morgan fingerprint density at radius 1 is 1.03 bits per heavy atom. The summed E-state index contributed by atoms with van der Waals surface area (Å²) in [6.45, 7) is 7.49. The van der Waals surface area contributed by atoms with Crippen LogP contribution >= 0.6 is 11.8 Å². The molecule has 2 atom stereocenters. The maximum Gasteiger partial charge on any atom is 0.217 e. The number of hydrogen-bond acceptors (Lipinski definition) is 6. The zero-order valence-electron chi connectivity index (χ0n) is 20.0. The van der Waals surface area contributed by atoms with E-state index in [0.29, 0.717) is 5.92 Å². The second-order valence-electron chi connectivity index (χ2n) is 8.71. The van der Waals surface area contributed by atoms with Gasteiger partial charge in [-0.05, 0) is 23.5 Å². The van der Waals surface area contributed by atoms with Gasteiger partial charge in [-0.25, -0.2) is 0 Å². The number of thioether (sulfide) groups is 1. The van der Waals surface area contributed by atoms with Crippen molar-refractivity contribution >= 4 is 40.1 Å².